The molecule has 0 spiro atoms. The van der Waals surface area contributed by atoms with Gasteiger partial charge >= 0.3 is 192 Å². The predicted octanol–water partition coefficient (Wildman–Crippen LogP) is 1.50. The largest absolute Gasteiger partial charge is 1.00 e. The van der Waals surface area contributed by atoms with Crippen LogP contribution in [0.1, 0.15) is 56.9 Å². The summed E-state index contributed by atoms with van der Waals surface area (Å²) in [5, 5.41) is 0. The quantitative estimate of drug-likeness (QED) is 0.485. The first-order valence-electron chi connectivity index (χ1n) is 10.5. The number of hydrogen-bond acceptors (Lipinski definition) is 0. The second kappa shape index (κ2) is 9.78. The summed E-state index contributed by atoms with van der Waals surface area (Å²) in [6.07, 6.45) is 2.48. The molecule has 1 unspecified atom stereocenters. The molecule has 0 saturated heterocycles. The van der Waals surface area contributed by atoms with Gasteiger partial charge in [-0.1, -0.05) is 0 Å². The Hall–Kier alpha value is -1.14. The van der Waals surface area contributed by atoms with Crippen molar-refractivity contribution in [3.8, 4) is 11.1 Å². The molecule has 0 fully saturated rings. The van der Waals surface area contributed by atoms with E-state index in [1.54, 1.807) is 0 Å². The minimum atomic E-state index is 0. The Balaban J connectivity index is 0.00000171. The van der Waals surface area contributed by atoms with E-state index in [0.717, 1.165) is 0 Å². The molecule has 0 radical (unpaired) electrons. The Bertz CT molecular complexity index is 1060. The third-order valence-corrected chi connectivity index (χ3v) is 8.21. The van der Waals surface area contributed by atoms with Crippen molar-refractivity contribution < 1.29 is 49.5 Å². The molecular formula is C28H29Cl2Zr. The molecule has 0 bridgehead atoms. The zero-order valence-corrected chi connectivity index (χ0v) is 22.8. The zero-order chi connectivity index (χ0) is 20.8. The van der Waals surface area contributed by atoms with Crippen LogP contribution < -0.4 is 24.8 Å². The van der Waals surface area contributed by atoms with E-state index in [0.29, 0.717) is 5.92 Å². The van der Waals surface area contributed by atoms with Crippen molar-refractivity contribution in [2.24, 2.45) is 5.92 Å². The second-order valence-electron chi connectivity index (χ2n) is 9.46. The van der Waals surface area contributed by atoms with Crippen LogP contribution in [0.25, 0.3) is 17.2 Å². The molecule has 3 aromatic carbocycles. The molecule has 1 aliphatic carbocycles. The van der Waals surface area contributed by atoms with Crippen molar-refractivity contribution in [1.82, 2.24) is 0 Å². The molecule has 0 saturated carbocycles. The smallest absolute Gasteiger partial charge is 1.00 e. The summed E-state index contributed by atoms with van der Waals surface area (Å²) >= 11 is 1.53. The zero-order valence-electron chi connectivity index (χ0n) is 18.8. The van der Waals surface area contributed by atoms with Gasteiger partial charge in [0.25, 0.3) is 0 Å². The van der Waals surface area contributed by atoms with E-state index in [4.69, 9.17) is 0 Å². The van der Waals surface area contributed by atoms with E-state index >= 15 is 0 Å². The van der Waals surface area contributed by atoms with Crippen molar-refractivity contribution in [2.45, 2.75) is 43.2 Å². The Morgan fingerprint density at radius 2 is 1.39 bits per heavy atom. The van der Waals surface area contributed by atoms with Crippen LogP contribution in [-0.2, 0) is 33.3 Å². The Morgan fingerprint density at radius 3 is 1.94 bits per heavy atom. The minimum Gasteiger partial charge on any atom is -1.00 e. The van der Waals surface area contributed by atoms with E-state index in [-0.39, 0.29) is 33.4 Å². The van der Waals surface area contributed by atoms with Crippen molar-refractivity contribution >= 4 is 6.08 Å². The molecule has 0 N–H and O–H groups in total. The molecule has 0 heterocycles. The molecule has 1 atom stereocenters. The number of halogens is 2. The average molecular weight is 528 g/mol. The molecule has 0 nitrogen and oxygen atoms in total. The van der Waals surface area contributed by atoms with E-state index in [1.165, 1.54) is 63.7 Å². The molecule has 159 valence electrons. The maximum Gasteiger partial charge on any atom is -1.00 e. The standard InChI is InChI=1S/C28H29.2ClH.Zr/c1-19(2)25-18-26-23(20-14-16-22(17-15-20)28(3,4)5)12-9-13-24(26)27(25)21-10-7-6-8-11-21;;;/h6-19H,1-5H3;2*1H;/q;;;+2/p-2. The summed E-state index contributed by atoms with van der Waals surface area (Å²) in [6, 6.07) is 27.1. The van der Waals surface area contributed by atoms with Crippen LogP contribution in [0.2, 0.25) is 0 Å². The van der Waals surface area contributed by atoms with E-state index in [2.05, 4.69) is 113 Å². The molecule has 0 aromatic heterocycles. The molecule has 0 amide bonds. The summed E-state index contributed by atoms with van der Waals surface area (Å²) in [5.74, 6) is 0.512. The second-order valence-corrected chi connectivity index (χ2v) is 11.3. The summed E-state index contributed by atoms with van der Waals surface area (Å²) < 4.78 is 0.0127. The summed E-state index contributed by atoms with van der Waals surface area (Å²) in [6.45, 7) is 11.5. The first-order chi connectivity index (χ1) is 13.7. The van der Waals surface area contributed by atoms with Crippen molar-refractivity contribution in [1.29, 1.82) is 0 Å². The number of hydrogen-bond donors (Lipinski definition) is 0. The molecule has 0 aliphatic heterocycles. The number of allylic oxidation sites excluding steroid dienone is 1. The van der Waals surface area contributed by atoms with Gasteiger partial charge in [-0.3, -0.25) is 0 Å². The topological polar surface area (TPSA) is 0 Å². The Morgan fingerprint density at radius 1 is 0.774 bits per heavy atom. The maximum atomic E-state index is 2.48. The SMILES string of the molecule is CC(C)C1=Cc2c(-c3ccc(C(C)(C)C)cc3)cccc2[C]1([Zr+2])c1ccccc1.[Cl-].[Cl-]. The number of fused-ring (bicyclic) bond motifs is 1. The fourth-order valence-electron chi connectivity index (χ4n) is 4.48. The van der Waals surface area contributed by atoms with Crippen LogP contribution >= 0.6 is 0 Å². The maximum absolute atomic E-state index is 2.48. The molecule has 4 rings (SSSR count). The summed E-state index contributed by atoms with van der Waals surface area (Å²) in [7, 11) is 0. The number of rotatable bonds is 3. The van der Waals surface area contributed by atoms with Crippen LogP contribution in [0.3, 0.4) is 0 Å². The first kappa shape index (κ1) is 26.1. The molecule has 3 heteroatoms. The van der Waals surface area contributed by atoms with Crippen LogP contribution in [0.15, 0.2) is 78.4 Å². The van der Waals surface area contributed by atoms with Gasteiger partial charge in [-0.2, -0.15) is 0 Å². The Kier molecular flexibility index (Phi) is 8.24. The van der Waals surface area contributed by atoms with Gasteiger partial charge in [0, 0.05) is 0 Å². The fraction of sp³-hybridized carbons (Fsp3) is 0.286. The van der Waals surface area contributed by atoms with Gasteiger partial charge in [0.2, 0.25) is 0 Å². The van der Waals surface area contributed by atoms with E-state index < -0.39 is 0 Å². The first-order valence-corrected chi connectivity index (χ1v) is 11.7. The average Bonchev–Trinajstić information content (AvgIpc) is 3.02. The predicted molar refractivity (Wildman–Crippen MR) is 121 cm³/mol. The van der Waals surface area contributed by atoms with Gasteiger partial charge in [-0.25, -0.2) is 0 Å². The fourth-order valence-corrected chi connectivity index (χ4v) is 6.31. The van der Waals surface area contributed by atoms with Crippen molar-refractivity contribution in [3.05, 3.63) is 101 Å². The number of benzene rings is 3. The normalized spacial score (nSPS) is 17.5. The van der Waals surface area contributed by atoms with Gasteiger partial charge < -0.3 is 24.8 Å². The Labute approximate surface area is 215 Å². The third-order valence-electron chi connectivity index (χ3n) is 6.13. The molecule has 1 aliphatic rings. The van der Waals surface area contributed by atoms with E-state index in [9.17, 15) is 0 Å². The van der Waals surface area contributed by atoms with E-state index in [1.807, 2.05) is 0 Å². The van der Waals surface area contributed by atoms with Crippen LogP contribution in [0.5, 0.6) is 0 Å². The minimum absolute atomic E-state index is 0. The van der Waals surface area contributed by atoms with Gasteiger partial charge in [0.1, 0.15) is 0 Å². The van der Waals surface area contributed by atoms with Gasteiger partial charge in [0.05, 0.1) is 0 Å². The van der Waals surface area contributed by atoms with Crippen molar-refractivity contribution in [3.63, 3.8) is 0 Å². The van der Waals surface area contributed by atoms with Crippen molar-refractivity contribution in [2.75, 3.05) is 0 Å². The molecule has 3 aromatic rings. The summed E-state index contributed by atoms with van der Waals surface area (Å²) in [5.41, 5.74) is 10.0. The molecular weight excluding hydrogens is 498 g/mol. The molecule has 31 heavy (non-hydrogen) atoms. The monoisotopic (exact) mass is 525 g/mol. The van der Waals surface area contributed by atoms with Gasteiger partial charge in [0.15, 0.2) is 0 Å². The van der Waals surface area contributed by atoms with Gasteiger partial charge in [-0.05, 0) is 0 Å². The van der Waals surface area contributed by atoms with Crippen LogP contribution in [0, 0.1) is 5.92 Å². The van der Waals surface area contributed by atoms with Crippen LogP contribution in [-0.4, -0.2) is 0 Å². The third kappa shape index (κ3) is 4.66. The van der Waals surface area contributed by atoms with Crippen LogP contribution in [0.4, 0.5) is 0 Å². The van der Waals surface area contributed by atoms with Gasteiger partial charge in [-0.15, -0.1) is 0 Å². The summed E-state index contributed by atoms with van der Waals surface area (Å²) in [4.78, 5) is 0.